The Balaban J connectivity index is 0.000000222. The number of rotatable bonds is 13. The van der Waals surface area contributed by atoms with Crippen molar-refractivity contribution in [3.8, 4) is 11.4 Å². The minimum absolute atomic E-state index is 0. The SMILES string of the molecule is CC(=O)N1CCN(CCO)CC1.CC(=O)N1CCN(CCOCc2ccn(-c3ccc(F)c(F)c3)n2)CC1.Cc1ccc(S(=O)(=O)OCc2ccn(-c3ccc(F)c(F)c3)n2)cc1.Cl. The van der Waals surface area contributed by atoms with Crippen molar-refractivity contribution >= 4 is 34.3 Å². The van der Waals surface area contributed by atoms with Gasteiger partial charge in [-0.25, -0.2) is 26.9 Å². The van der Waals surface area contributed by atoms with Gasteiger partial charge in [-0.15, -0.1) is 12.4 Å². The molecule has 2 aliphatic heterocycles. The van der Waals surface area contributed by atoms with E-state index in [1.807, 2.05) is 16.7 Å². The zero-order valence-electron chi connectivity index (χ0n) is 35.8. The Labute approximate surface area is 376 Å². The highest BCUT2D eigenvalue weighted by atomic mass is 35.5. The molecule has 7 rings (SSSR count). The second-order valence-corrected chi connectivity index (χ2v) is 16.3. The quantitative estimate of drug-likeness (QED) is 0.0988. The number of nitrogens with zero attached hydrogens (tertiary/aromatic N) is 8. The van der Waals surface area contributed by atoms with Crippen LogP contribution < -0.4 is 0 Å². The lowest BCUT2D eigenvalue weighted by Gasteiger charge is -2.34. The molecule has 0 unspecified atom stereocenters. The van der Waals surface area contributed by atoms with Gasteiger partial charge in [-0.3, -0.25) is 23.6 Å². The first kappa shape index (κ1) is 51.4. The standard InChI is InChI=1S/C18H22F2N4O2.C17H14F2N2O3S.C8H16N2O2.ClH/c1-14(25)23-8-6-22(7-9-23)10-11-26-13-15-4-5-24(21-15)16-2-3-17(19)18(20)12-16;1-12-2-5-15(6-3-12)25(22,23)24-11-13-8-9-21(20-13)14-4-7-16(18)17(19)10-14;1-8(12)10-4-2-9(3-5-10)6-7-11;/h2-5,12H,6-11,13H2,1H3;2-10H,11H2,1H3;11H,2-7H2,1H3;1H. The van der Waals surface area contributed by atoms with Gasteiger partial charge >= 0.3 is 0 Å². The monoisotopic (exact) mass is 936 g/mol. The van der Waals surface area contributed by atoms with Crippen LogP contribution >= 0.6 is 12.4 Å². The van der Waals surface area contributed by atoms with Gasteiger partial charge < -0.3 is 19.6 Å². The van der Waals surface area contributed by atoms with Crippen LogP contribution in [-0.4, -0.2) is 143 Å². The van der Waals surface area contributed by atoms with Crippen LogP contribution in [0.15, 0.2) is 90.1 Å². The smallest absolute Gasteiger partial charge is 0.297 e. The molecule has 2 saturated heterocycles. The summed E-state index contributed by atoms with van der Waals surface area (Å²) in [6.07, 6.45) is 3.19. The minimum atomic E-state index is -3.90. The zero-order valence-corrected chi connectivity index (χ0v) is 37.4. The number of carbonyl (C=O) groups is 2. The Bertz CT molecular complexity index is 2370. The summed E-state index contributed by atoms with van der Waals surface area (Å²) in [5, 5.41) is 17.1. The molecule has 2 fully saturated rings. The molecular formula is C43H53ClF4N8O7S. The lowest BCUT2D eigenvalue weighted by molar-refractivity contribution is -0.131. The summed E-state index contributed by atoms with van der Waals surface area (Å²) in [5.41, 5.74) is 2.76. The number of aromatic nitrogens is 4. The van der Waals surface area contributed by atoms with E-state index in [2.05, 4.69) is 20.0 Å². The molecule has 15 nitrogen and oxygen atoms in total. The molecule has 0 bridgehead atoms. The Hall–Kier alpha value is -5.22. The van der Waals surface area contributed by atoms with E-state index in [1.54, 1.807) is 38.2 Å². The van der Waals surface area contributed by atoms with Gasteiger partial charge in [0.25, 0.3) is 10.1 Å². The molecule has 2 aromatic heterocycles. The number of aliphatic hydroxyl groups excluding tert-OH is 1. The van der Waals surface area contributed by atoms with E-state index in [0.29, 0.717) is 30.3 Å². The highest BCUT2D eigenvalue weighted by Gasteiger charge is 2.20. The topological polar surface area (TPSA) is 156 Å². The van der Waals surface area contributed by atoms with E-state index >= 15 is 0 Å². The van der Waals surface area contributed by atoms with Crippen molar-refractivity contribution in [2.75, 3.05) is 78.7 Å². The first-order valence-corrected chi connectivity index (χ1v) is 21.6. The Morgan fingerprint density at radius 2 is 1.09 bits per heavy atom. The third-order valence-corrected chi connectivity index (χ3v) is 11.4. The number of halogens is 5. The summed E-state index contributed by atoms with van der Waals surface area (Å²) in [5.74, 6) is -3.46. The van der Waals surface area contributed by atoms with Crippen LogP contribution in [0.4, 0.5) is 17.6 Å². The van der Waals surface area contributed by atoms with Gasteiger partial charge in [0.2, 0.25) is 11.8 Å². The Morgan fingerprint density at radius 3 is 1.53 bits per heavy atom. The van der Waals surface area contributed by atoms with Crippen LogP contribution in [0.2, 0.25) is 0 Å². The summed E-state index contributed by atoms with van der Waals surface area (Å²) in [6.45, 7) is 14.0. The predicted octanol–water partition coefficient (Wildman–Crippen LogP) is 4.76. The number of aliphatic hydroxyl groups is 1. The lowest BCUT2D eigenvalue weighted by atomic mass is 10.2. The highest BCUT2D eigenvalue weighted by Crippen LogP contribution is 2.17. The van der Waals surface area contributed by atoms with Gasteiger partial charge in [-0.05, 0) is 55.5 Å². The molecule has 2 amide bonds. The molecular weight excluding hydrogens is 884 g/mol. The number of aryl methyl sites for hydroxylation is 1. The van der Waals surface area contributed by atoms with Gasteiger partial charge in [0.05, 0.1) is 47.5 Å². The number of ether oxygens (including phenoxy) is 1. The van der Waals surface area contributed by atoms with Crippen LogP contribution in [0.25, 0.3) is 11.4 Å². The molecule has 4 heterocycles. The number of piperazine rings is 2. The Morgan fingerprint density at radius 1 is 0.641 bits per heavy atom. The number of amides is 2. The highest BCUT2D eigenvalue weighted by molar-refractivity contribution is 7.86. The van der Waals surface area contributed by atoms with E-state index in [0.717, 1.165) is 101 Å². The molecule has 348 valence electrons. The normalized spacial score (nSPS) is 14.5. The van der Waals surface area contributed by atoms with E-state index in [4.69, 9.17) is 14.0 Å². The largest absolute Gasteiger partial charge is 0.395 e. The van der Waals surface area contributed by atoms with Crippen LogP contribution in [-0.2, 0) is 41.8 Å². The van der Waals surface area contributed by atoms with Crippen molar-refractivity contribution in [2.24, 2.45) is 0 Å². The number of hydrogen-bond acceptors (Lipinski definition) is 11. The van der Waals surface area contributed by atoms with E-state index < -0.39 is 33.4 Å². The van der Waals surface area contributed by atoms with E-state index in [-0.39, 0.29) is 42.3 Å². The van der Waals surface area contributed by atoms with Gasteiger partial charge in [0.15, 0.2) is 23.3 Å². The van der Waals surface area contributed by atoms with Crippen molar-refractivity contribution in [3.63, 3.8) is 0 Å². The second-order valence-electron chi connectivity index (χ2n) is 14.7. The molecule has 5 aromatic rings. The van der Waals surface area contributed by atoms with Crippen molar-refractivity contribution in [1.29, 1.82) is 0 Å². The number of benzene rings is 3. The van der Waals surface area contributed by atoms with Crippen LogP contribution in [0, 0.1) is 30.2 Å². The fourth-order valence-corrected chi connectivity index (χ4v) is 7.30. The summed E-state index contributed by atoms with van der Waals surface area (Å²) in [7, 11) is -3.90. The molecule has 1 N–H and O–H groups in total. The molecule has 2 aliphatic rings. The third kappa shape index (κ3) is 15.5. The maximum atomic E-state index is 13.3. The van der Waals surface area contributed by atoms with Gasteiger partial charge in [0.1, 0.15) is 6.61 Å². The fraction of sp³-hybridized carbons (Fsp3) is 0.395. The maximum Gasteiger partial charge on any atom is 0.297 e. The van der Waals surface area contributed by atoms with Gasteiger partial charge in [0, 0.05) is 104 Å². The number of β-amino-alcohol motifs (C(OH)–C–C–N with tert-alkyl or cyclic N) is 1. The molecule has 3 aromatic carbocycles. The van der Waals surface area contributed by atoms with E-state index in [1.165, 1.54) is 45.9 Å². The molecule has 21 heteroatoms. The molecule has 0 aliphatic carbocycles. The van der Waals surface area contributed by atoms with Crippen molar-refractivity contribution < 1.29 is 49.6 Å². The average Bonchev–Trinajstić information content (AvgIpc) is 3.96. The fourth-order valence-electron chi connectivity index (χ4n) is 6.42. The first-order chi connectivity index (χ1) is 30.1. The molecule has 0 spiro atoms. The first-order valence-electron chi connectivity index (χ1n) is 20.2. The molecule has 0 radical (unpaired) electrons. The van der Waals surface area contributed by atoms with Crippen LogP contribution in [0.3, 0.4) is 0 Å². The van der Waals surface area contributed by atoms with Crippen molar-refractivity contribution in [3.05, 3.63) is 125 Å². The molecule has 0 saturated carbocycles. The maximum absolute atomic E-state index is 13.3. The van der Waals surface area contributed by atoms with Gasteiger partial charge in [-0.2, -0.15) is 18.6 Å². The van der Waals surface area contributed by atoms with Crippen LogP contribution in [0.1, 0.15) is 30.8 Å². The second kappa shape index (κ2) is 24.7. The summed E-state index contributed by atoms with van der Waals surface area (Å²) < 4.78 is 90.2. The van der Waals surface area contributed by atoms with Gasteiger partial charge in [-0.1, -0.05) is 17.7 Å². The lowest BCUT2D eigenvalue weighted by Crippen LogP contribution is -2.48. The summed E-state index contributed by atoms with van der Waals surface area (Å²) in [6, 6.07) is 16.6. The number of carbonyl (C=O) groups excluding carboxylic acids is 2. The third-order valence-electron chi connectivity index (χ3n) is 10.1. The van der Waals surface area contributed by atoms with Crippen LogP contribution in [0.5, 0.6) is 0 Å². The minimum Gasteiger partial charge on any atom is -0.395 e. The number of hydrogen-bond donors (Lipinski definition) is 1. The van der Waals surface area contributed by atoms with Crippen molar-refractivity contribution in [2.45, 2.75) is 38.9 Å². The van der Waals surface area contributed by atoms with E-state index in [9.17, 15) is 35.6 Å². The molecule has 0 atom stereocenters. The summed E-state index contributed by atoms with van der Waals surface area (Å²) >= 11 is 0. The predicted molar refractivity (Wildman–Crippen MR) is 231 cm³/mol. The molecule has 64 heavy (non-hydrogen) atoms. The average molecular weight is 937 g/mol. The van der Waals surface area contributed by atoms with Crippen molar-refractivity contribution in [1.82, 2.24) is 39.2 Å². The summed E-state index contributed by atoms with van der Waals surface area (Å²) in [4.78, 5) is 30.4. The zero-order chi connectivity index (χ0) is 45.5. The Kier molecular flexibility index (Phi) is 19.9.